The molecular weight excluding hydrogens is 311 g/mol. The maximum atomic E-state index is 12.7. The molecule has 1 amide bonds. The first-order chi connectivity index (χ1) is 10.8. The van der Waals surface area contributed by atoms with Crippen LogP contribution in [0.1, 0.15) is 34.3 Å². The van der Waals surface area contributed by atoms with Crippen molar-refractivity contribution in [2.75, 3.05) is 6.54 Å². The molecule has 2 N–H and O–H groups in total. The lowest BCUT2D eigenvalue weighted by molar-refractivity contribution is -0.141. The van der Waals surface area contributed by atoms with E-state index in [1.165, 1.54) is 10.8 Å². The molecule has 1 aliphatic rings. The molecule has 0 aliphatic carbocycles. The molecule has 0 aromatic carbocycles. The van der Waals surface area contributed by atoms with Gasteiger partial charge in [-0.05, 0) is 19.3 Å². The summed E-state index contributed by atoms with van der Waals surface area (Å²) in [6, 6.07) is 0. The second-order valence-corrected chi connectivity index (χ2v) is 5.69. The van der Waals surface area contributed by atoms with Crippen LogP contribution < -0.4 is 5.32 Å². The Hall–Kier alpha value is -2.32. The van der Waals surface area contributed by atoms with Crippen LogP contribution in [0.3, 0.4) is 0 Å². The summed E-state index contributed by atoms with van der Waals surface area (Å²) in [5.74, 6) is 0.906. The molecular formula is C14H16F3N5O. The molecule has 2 aromatic heterocycles. The lowest BCUT2D eigenvalue weighted by Crippen LogP contribution is -2.33. The van der Waals surface area contributed by atoms with E-state index in [9.17, 15) is 18.0 Å². The predicted molar refractivity (Wildman–Crippen MR) is 74.7 cm³/mol. The maximum absolute atomic E-state index is 12.7. The van der Waals surface area contributed by atoms with E-state index in [4.69, 9.17) is 0 Å². The van der Waals surface area contributed by atoms with Crippen LogP contribution in [0.15, 0.2) is 12.4 Å². The number of imidazole rings is 2. The number of carbonyl (C=O) groups is 1. The molecule has 0 radical (unpaired) electrons. The average molecular weight is 327 g/mol. The normalized spacial score (nSPS) is 17.8. The molecule has 0 fully saturated rings. The van der Waals surface area contributed by atoms with Crippen LogP contribution in [0, 0.1) is 12.8 Å². The van der Waals surface area contributed by atoms with Crippen molar-refractivity contribution in [2.24, 2.45) is 5.92 Å². The Morgan fingerprint density at radius 1 is 1.52 bits per heavy atom. The molecule has 3 heterocycles. The summed E-state index contributed by atoms with van der Waals surface area (Å²) in [5.41, 5.74) is -0.480. The van der Waals surface area contributed by atoms with Gasteiger partial charge >= 0.3 is 6.18 Å². The zero-order valence-corrected chi connectivity index (χ0v) is 12.4. The van der Waals surface area contributed by atoms with Crippen molar-refractivity contribution in [1.82, 2.24) is 24.8 Å². The molecule has 0 saturated carbocycles. The van der Waals surface area contributed by atoms with Gasteiger partial charge in [0.1, 0.15) is 17.3 Å². The van der Waals surface area contributed by atoms with Crippen molar-refractivity contribution < 1.29 is 18.0 Å². The summed E-state index contributed by atoms with van der Waals surface area (Å²) in [7, 11) is 0. The molecule has 0 bridgehead atoms. The third kappa shape index (κ3) is 3.38. The second kappa shape index (κ2) is 5.71. The number of rotatable bonds is 3. The molecule has 9 heteroatoms. The van der Waals surface area contributed by atoms with E-state index in [1.54, 1.807) is 6.92 Å². The van der Waals surface area contributed by atoms with Gasteiger partial charge in [-0.3, -0.25) is 4.79 Å². The summed E-state index contributed by atoms with van der Waals surface area (Å²) in [4.78, 5) is 22.4. The number of aromatic nitrogens is 4. The number of H-pyrrole nitrogens is 1. The average Bonchev–Trinajstić information content (AvgIpc) is 3.09. The fraction of sp³-hybridized carbons (Fsp3) is 0.500. The first kappa shape index (κ1) is 15.6. The number of hydrogen-bond donors (Lipinski definition) is 2. The van der Waals surface area contributed by atoms with E-state index in [0.29, 0.717) is 43.3 Å². The molecule has 124 valence electrons. The third-order valence-electron chi connectivity index (χ3n) is 3.88. The van der Waals surface area contributed by atoms with E-state index >= 15 is 0 Å². The summed E-state index contributed by atoms with van der Waals surface area (Å²) in [6.07, 6.45) is -0.764. The monoisotopic (exact) mass is 327 g/mol. The Morgan fingerprint density at radius 3 is 2.96 bits per heavy atom. The highest BCUT2D eigenvalue weighted by Gasteiger charge is 2.35. The molecule has 6 nitrogen and oxygen atoms in total. The van der Waals surface area contributed by atoms with Gasteiger partial charge < -0.3 is 14.9 Å². The van der Waals surface area contributed by atoms with Crippen LogP contribution >= 0.6 is 0 Å². The number of nitrogens with zero attached hydrogens (tertiary/aromatic N) is 3. The second-order valence-electron chi connectivity index (χ2n) is 5.69. The van der Waals surface area contributed by atoms with Crippen molar-refractivity contribution in [3.63, 3.8) is 0 Å². The van der Waals surface area contributed by atoms with E-state index in [-0.39, 0.29) is 11.8 Å². The Labute approximate surface area is 130 Å². The summed E-state index contributed by atoms with van der Waals surface area (Å²) in [5, 5.41) is 2.78. The fourth-order valence-corrected chi connectivity index (χ4v) is 2.69. The van der Waals surface area contributed by atoms with Gasteiger partial charge in [-0.25, -0.2) is 9.97 Å². The number of aryl methyl sites for hydroxylation is 2. The number of carbonyl (C=O) groups excluding carboxylic acids is 1. The van der Waals surface area contributed by atoms with Gasteiger partial charge in [-0.15, -0.1) is 0 Å². The third-order valence-corrected chi connectivity index (χ3v) is 3.88. The highest BCUT2D eigenvalue weighted by atomic mass is 19.4. The Morgan fingerprint density at radius 2 is 2.30 bits per heavy atom. The Bertz CT molecular complexity index is 718. The molecule has 0 spiro atoms. The number of alkyl halides is 3. The minimum Gasteiger partial charge on any atom is -0.350 e. The van der Waals surface area contributed by atoms with Gasteiger partial charge in [-0.2, -0.15) is 13.2 Å². The van der Waals surface area contributed by atoms with Gasteiger partial charge in [0.2, 0.25) is 0 Å². The van der Waals surface area contributed by atoms with Crippen LogP contribution in [-0.4, -0.2) is 32.0 Å². The van der Waals surface area contributed by atoms with Crippen LogP contribution in [0.4, 0.5) is 13.2 Å². The van der Waals surface area contributed by atoms with Gasteiger partial charge in [0.05, 0.1) is 6.20 Å². The summed E-state index contributed by atoms with van der Waals surface area (Å²) in [6.45, 7) is 2.56. The van der Waals surface area contributed by atoms with Crippen molar-refractivity contribution in [1.29, 1.82) is 0 Å². The van der Waals surface area contributed by atoms with E-state index in [0.717, 1.165) is 6.20 Å². The molecule has 23 heavy (non-hydrogen) atoms. The molecule has 2 aromatic rings. The Balaban J connectivity index is 1.59. The molecule has 1 aliphatic heterocycles. The van der Waals surface area contributed by atoms with Crippen LogP contribution in [-0.2, 0) is 19.1 Å². The van der Waals surface area contributed by atoms with E-state index < -0.39 is 11.9 Å². The van der Waals surface area contributed by atoms with Crippen molar-refractivity contribution in [2.45, 2.75) is 32.5 Å². The Kier molecular flexibility index (Phi) is 3.87. The van der Waals surface area contributed by atoms with E-state index in [1.807, 2.05) is 0 Å². The van der Waals surface area contributed by atoms with Gasteiger partial charge in [0, 0.05) is 25.7 Å². The first-order valence-electron chi connectivity index (χ1n) is 7.26. The lowest BCUT2D eigenvalue weighted by Gasteiger charge is -2.23. The first-order valence-corrected chi connectivity index (χ1v) is 7.26. The number of hydrogen-bond acceptors (Lipinski definition) is 3. The topological polar surface area (TPSA) is 75.6 Å². The molecule has 0 unspecified atom stereocenters. The smallest absolute Gasteiger partial charge is 0.350 e. The van der Waals surface area contributed by atoms with Crippen LogP contribution in [0.25, 0.3) is 0 Å². The standard InChI is InChI=1S/C14H16F3N5O/c1-8-18-5-10(20-8)13(23)19-4-9-2-3-12-21-11(14(15,16)17)7-22(12)6-9/h5,7,9H,2-4,6H2,1H3,(H,18,20)(H,19,23)/t9-/m1/s1. The summed E-state index contributed by atoms with van der Waals surface area (Å²) >= 11 is 0. The number of halogens is 3. The van der Waals surface area contributed by atoms with Gasteiger partial charge in [-0.1, -0.05) is 0 Å². The van der Waals surface area contributed by atoms with Crippen molar-refractivity contribution in [3.05, 3.63) is 35.4 Å². The van der Waals surface area contributed by atoms with Gasteiger partial charge in [0.25, 0.3) is 5.91 Å². The minimum atomic E-state index is -4.42. The predicted octanol–water partition coefficient (Wildman–Crippen LogP) is 1.93. The minimum absolute atomic E-state index is 0.0748. The number of nitrogens with one attached hydrogen (secondary N) is 2. The zero-order valence-electron chi connectivity index (χ0n) is 12.4. The van der Waals surface area contributed by atoms with Gasteiger partial charge in [0.15, 0.2) is 5.69 Å². The number of amides is 1. The van der Waals surface area contributed by atoms with Crippen molar-refractivity contribution in [3.8, 4) is 0 Å². The SMILES string of the molecule is Cc1ncc(C(=O)NC[C@H]2CCc3nc(C(F)(F)F)cn3C2)[nH]1. The fourth-order valence-electron chi connectivity index (χ4n) is 2.69. The largest absolute Gasteiger partial charge is 0.434 e. The zero-order chi connectivity index (χ0) is 16.6. The number of fused-ring (bicyclic) bond motifs is 1. The van der Waals surface area contributed by atoms with Crippen molar-refractivity contribution >= 4 is 5.91 Å². The van der Waals surface area contributed by atoms with Crippen LogP contribution in [0.5, 0.6) is 0 Å². The molecule has 1 atom stereocenters. The lowest BCUT2D eigenvalue weighted by atomic mass is 9.99. The number of aromatic amines is 1. The quantitative estimate of drug-likeness (QED) is 0.904. The summed E-state index contributed by atoms with van der Waals surface area (Å²) < 4.78 is 39.5. The highest BCUT2D eigenvalue weighted by Crippen LogP contribution is 2.30. The molecule has 3 rings (SSSR count). The van der Waals surface area contributed by atoms with Crippen LogP contribution in [0.2, 0.25) is 0 Å². The highest BCUT2D eigenvalue weighted by molar-refractivity contribution is 5.92. The van der Waals surface area contributed by atoms with E-state index in [2.05, 4.69) is 20.3 Å². The molecule has 0 saturated heterocycles. The maximum Gasteiger partial charge on any atom is 0.434 e.